The standard InChI is InChI=1S/C25H33N5O3S/c1-17(2)9-10-30-24(32)23-21(15-18(3)26-23)27-25(30)34-16-22(31)29-13-11-28(12-14-29)19-5-7-20(33-4)8-6-19/h5-8,15,17,26H,9-14,16H2,1-4H3. The number of hydrogen-bond acceptors (Lipinski definition) is 6. The SMILES string of the molecule is COc1ccc(N2CCN(C(=O)CSc3nc4cc(C)[nH]c4c(=O)n3CCC(C)C)CC2)cc1. The predicted octanol–water partition coefficient (Wildman–Crippen LogP) is 3.53. The molecular formula is C25H33N5O3S. The molecule has 3 aromatic rings. The first-order chi connectivity index (χ1) is 16.4. The van der Waals surface area contributed by atoms with Crippen LogP contribution in [0.25, 0.3) is 11.0 Å². The van der Waals surface area contributed by atoms with E-state index in [1.165, 1.54) is 11.8 Å². The molecule has 0 spiro atoms. The topological polar surface area (TPSA) is 83.5 Å². The number of anilines is 1. The molecule has 4 rings (SSSR count). The molecule has 1 aliphatic heterocycles. The molecule has 0 bridgehead atoms. The van der Waals surface area contributed by atoms with Crippen LogP contribution in [0.3, 0.4) is 0 Å². The number of thioether (sulfide) groups is 1. The molecule has 34 heavy (non-hydrogen) atoms. The van der Waals surface area contributed by atoms with E-state index in [1.54, 1.807) is 11.7 Å². The third kappa shape index (κ3) is 5.41. The number of nitrogens with zero attached hydrogens (tertiary/aromatic N) is 4. The van der Waals surface area contributed by atoms with Gasteiger partial charge in [-0.3, -0.25) is 14.2 Å². The van der Waals surface area contributed by atoms with Crippen LogP contribution in [0.15, 0.2) is 40.3 Å². The van der Waals surface area contributed by atoms with E-state index >= 15 is 0 Å². The summed E-state index contributed by atoms with van der Waals surface area (Å²) in [7, 11) is 1.66. The molecule has 1 fully saturated rings. The second-order valence-electron chi connectivity index (χ2n) is 9.10. The van der Waals surface area contributed by atoms with Crippen LogP contribution < -0.4 is 15.2 Å². The van der Waals surface area contributed by atoms with Gasteiger partial charge in [-0.25, -0.2) is 4.98 Å². The quantitative estimate of drug-likeness (QED) is 0.390. The van der Waals surface area contributed by atoms with E-state index in [2.05, 4.69) is 23.7 Å². The Morgan fingerprint density at radius 1 is 1.18 bits per heavy atom. The maximum atomic E-state index is 13.1. The highest BCUT2D eigenvalue weighted by atomic mass is 32.2. The fraction of sp³-hybridized carbons (Fsp3) is 0.480. The lowest BCUT2D eigenvalue weighted by molar-refractivity contribution is -0.128. The predicted molar refractivity (Wildman–Crippen MR) is 137 cm³/mol. The molecule has 1 aromatic carbocycles. The van der Waals surface area contributed by atoms with E-state index in [1.807, 2.05) is 42.2 Å². The van der Waals surface area contributed by atoms with E-state index < -0.39 is 0 Å². The summed E-state index contributed by atoms with van der Waals surface area (Å²) in [5.41, 5.74) is 3.17. The molecule has 9 heteroatoms. The van der Waals surface area contributed by atoms with Crippen molar-refractivity contribution in [2.45, 2.75) is 38.9 Å². The molecular weight excluding hydrogens is 450 g/mol. The maximum absolute atomic E-state index is 13.1. The van der Waals surface area contributed by atoms with Gasteiger partial charge < -0.3 is 19.5 Å². The van der Waals surface area contributed by atoms with Crippen LogP contribution in [0.1, 0.15) is 26.0 Å². The van der Waals surface area contributed by atoms with Crippen molar-refractivity contribution in [1.29, 1.82) is 0 Å². The Bertz CT molecular complexity index is 1190. The van der Waals surface area contributed by atoms with Gasteiger partial charge in [0.1, 0.15) is 11.3 Å². The van der Waals surface area contributed by atoms with Crippen molar-refractivity contribution in [1.82, 2.24) is 19.4 Å². The van der Waals surface area contributed by atoms with Crippen molar-refractivity contribution in [3.63, 3.8) is 0 Å². The number of benzene rings is 1. The molecule has 0 saturated carbocycles. The molecule has 1 N–H and O–H groups in total. The first-order valence-electron chi connectivity index (χ1n) is 11.8. The lowest BCUT2D eigenvalue weighted by Gasteiger charge is -2.36. The Balaban J connectivity index is 1.40. The zero-order valence-corrected chi connectivity index (χ0v) is 21.2. The second kappa shape index (κ2) is 10.5. The third-order valence-corrected chi connectivity index (χ3v) is 7.12. The minimum Gasteiger partial charge on any atom is -0.497 e. The Morgan fingerprint density at radius 2 is 1.88 bits per heavy atom. The van der Waals surface area contributed by atoms with Crippen LogP contribution in [-0.4, -0.2) is 64.4 Å². The van der Waals surface area contributed by atoms with E-state index in [-0.39, 0.29) is 17.2 Å². The average molecular weight is 484 g/mol. The van der Waals surface area contributed by atoms with Gasteiger partial charge >= 0.3 is 0 Å². The highest BCUT2D eigenvalue weighted by Crippen LogP contribution is 2.22. The number of piperazine rings is 1. The van der Waals surface area contributed by atoms with E-state index in [4.69, 9.17) is 9.72 Å². The minimum atomic E-state index is -0.0678. The van der Waals surface area contributed by atoms with Crippen molar-refractivity contribution in [2.75, 3.05) is 43.9 Å². The number of aromatic nitrogens is 3. The van der Waals surface area contributed by atoms with Gasteiger partial charge in [-0.2, -0.15) is 0 Å². The number of amides is 1. The van der Waals surface area contributed by atoms with Crippen LogP contribution in [0, 0.1) is 12.8 Å². The number of aryl methyl sites for hydroxylation is 1. The first kappa shape index (κ1) is 24.2. The molecule has 2 aromatic heterocycles. The van der Waals surface area contributed by atoms with Crippen molar-refractivity contribution in [3.8, 4) is 5.75 Å². The zero-order valence-electron chi connectivity index (χ0n) is 20.3. The number of rotatable bonds is 8. The Kier molecular flexibility index (Phi) is 7.50. The van der Waals surface area contributed by atoms with Gasteiger partial charge in [-0.15, -0.1) is 0 Å². The van der Waals surface area contributed by atoms with E-state index in [0.717, 1.165) is 36.6 Å². The number of carbonyl (C=O) groups excluding carboxylic acids is 1. The summed E-state index contributed by atoms with van der Waals surface area (Å²) < 4.78 is 6.95. The summed E-state index contributed by atoms with van der Waals surface area (Å²) in [6.45, 7) is 9.71. The van der Waals surface area contributed by atoms with Gasteiger partial charge in [-0.05, 0) is 49.6 Å². The number of H-pyrrole nitrogens is 1. The highest BCUT2D eigenvalue weighted by molar-refractivity contribution is 7.99. The van der Waals surface area contributed by atoms with Crippen molar-refractivity contribution < 1.29 is 9.53 Å². The van der Waals surface area contributed by atoms with Crippen LogP contribution in [0.4, 0.5) is 5.69 Å². The summed E-state index contributed by atoms with van der Waals surface area (Å²) in [5.74, 6) is 1.65. The van der Waals surface area contributed by atoms with Gasteiger partial charge in [-0.1, -0.05) is 25.6 Å². The summed E-state index contributed by atoms with van der Waals surface area (Å²) in [6, 6.07) is 9.89. The molecule has 182 valence electrons. The fourth-order valence-corrected chi connectivity index (χ4v) is 5.06. The molecule has 0 unspecified atom stereocenters. The van der Waals surface area contributed by atoms with Crippen molar-refractivity contribution in [2.24, 2.45) is 5.92 Å². The van der Waals surface area contributed by atoms with Crippen LogP contribution in [-0.2, 0) is 11.3 Å². The van der Waals surface area contributed by atoms with Gasteiger partial charge in [0.2, 0.25) is 5.91 Å². The number of ether oxygens (including phenoxy) is 1. The van der Waals surface area contributed by atoms with Crippen molar-refractivity contribution in [3.05, 3.63) is 46.4 Å². The molecule has 3 heterocycles. The number of aromatic amines is 1. The normalized spacial score (nSPS) is 14.3. The molecule has 1 aliphatic rings. The zero-order chi connectivity index (χ0) is 24.2. The van der Waals surface area contributed by atoms with Gasteiger partial charge in [0.25, 0.3) is 5.56 Å². The smallest absolute Gasteiger partial charge is 0.278 e. The lowest BCUT2D eigenvalue weighted by atomic mass is 10.1. The second-order valence-corrected chi connectivity index (χ2v) is 10.0. The Hall–Kier alpha value is -2.94. The molecule has 8 nitrogen and oxygen atoms in total. The van der Waals surface area contributed by atoms with Gasteiger partial charge in [0.05, 0.1) is 18.4 Å². The Morgan fingerprint density at radius 3 is 2.53 bits per heavy atom. The number of nitrogens with one attached hydrogen (secondary N) is 1. The van der Waals surface area contributed by atoms with E-state index in [9.17, 15) is 9.59 Å². The largest absolute Gasteiger partial charge is 0.497 e. The maximum Gasteiger partial charge on any atom is 0.278 e. The van der Waals surface area contributed by atoms with Crippen LogP contribution in [0.2, 0.25) is 0 Å². The van der Waals surface area contributed by atoms with Gasteiger partial charge in [0, 0.05) is 44.1 Å². The number of fused-ring (bicyclic) bond motifs is 1. The van der Waals surface area contributed by atoms with Crippen LogP contribution >= 0.6 is 11.8 Å². The average Bonchev–Trinajstić information content (AvgIpc) is 3.22. The van der Waals surface area contributed by atoms with Crippen LogP contribution in [0.5, 0.6) is 5.75 Å². The van der Waals surface area contributed by atoms with Crippen molar-refractivity contribution >= 4 is 34.4 Å². The molecule has 0 radical (unpaired) electrons. The summed E-state index contributed by atoms with van der Waals surface area (Å²) in [5, 5.41) is 0.613. The molecule has 0 atom stereocenters. The lowest BCUT2D eigenvalue weighted by Crippen LogP contribution is -2.49. The number of carbonyl (C=O) groups is 1. The number of hydrogen-bond donors (Lipinski definition) is 1. The van der Waals surface area contributed by atoms with E-state index in [0.29, 0.717) is 41.7 Å². The Labute approximate surface area is 204 Å². The molecule has 0 aliphatic carbocycles. The minimum absolute atomic E-state index is 0.0678. The summed E-state index contributed by atoms with van der Waals surface area (Å²) in [4.78, 5) is 38.1. The third-order valence-electron chi connectivity index (χ3n) is 6.16. The summed E-state index contributed by atoms with van der Waals surface area (Å²) in [6.07, 6.45) is 0.877. The summed E-state index contributed by atoms with van der Waals surface area (Å²) >= 11 is 1.36. The highest BCUT2D eigenvalue weighted by Gasteiger charge is 2.22. The molecule has 1 saturated heterocycles. The first-order valence-corrected chi connectivity index (χ1v) is 12.7. The fourth-order valence-electron chi connectivity index (χ4n) is 4.13. The monoisotopic (exact) mass is 483 g/mol. The van der Waals surface area contributed by atoms with Gasteiger partial charge in [0.15, 0.2) is 5.16 Å². The number of methoxy groups -OCH3 is 1. The molecule has 1 amide bonds.